The van der Waals surface area contributed by atoms with Crippen LogP contribution in [-0.4, -0.2) is 23.2 Å². The third kappa shape index (κ3) is 4.21. The molecule has 0 bridgehead atoms. The van der Waals surface area contributed by atoms with Crippen molar-refractivity contribution in [1.82, 2.24) is 0 Å². The summed E-state index contributed by atoms with van der Waals surface area (Å²) in [5.74, 6) is 0.399. The molecule has 0 spiro atoms. The number of aryl methyl sites for hydroxylation is 1. The maximum absolute atomic E-state index is 12.8. The minimum absolute atomic E-state index is 0.102. The van der Waals surface area contributed by atoms with Crippen LogP contribution in [0.3, 0.4) is 0 Å². The van der Waals surface area contributed by atoms with E-state index in [0.29, 0.717) is 34.4 Å². The van der Waals surface area contributed by atoms with Crippen LogP contribution in [0, 0.1) is 6.92 Å². The van der Waals surface area contributed by atoms with E-state index < -0.39 is 0 Å². The first-order valence-electron chi connectivity index (χ1n) is 9.85. The van der Waals surface area contributed by atoms with E-state index in [1.807, 2.05) is 0 Å². The number of thioether (sulfide) groups is 1. The van der Waals surface area contributed by atoms with Gasteiger partial charge in [-0.3, -0.25) is 14.4 Å². The van der Waals surface area contributed by atoms with Crippen molar-refractivity contribution in [3.05, 3.63) is 94.5 Å². The second-order valence-corrected chi connectivity index (χ2v) is 8.45. The molecule has 0 fully saturated rings. The van der Waals surface area contributed by atoms with Gasteiger partial charge in [0.2, 0.25) is 5.91 Å². The molecule has 1 aliphatic rings. The number of carbonyl (C=O) groups is 3. The van der Waals surface area contributed by atoms with Crippen molar-refractivity contribution in [3.63, 3.8) is 0 Å². The van der Waals surface area contributed by atoms with Crippen LogP contribution < -0.4 is 5.32 Å². The number of amides is 1. The molecule has 150 valence electrons. The smallest absolute Gasteiger partial charge is 0.224 e. The fraction of sp³-hybridized carbons (Fsp3) is 0.160. The van der Waals surface area contributed by atoms with Crippen molar-refractivity contribution >= 4 is 34.9 Å². The molecule has 0 atom stereocenters. The van der Waals surface area contributed by atoms with E-state index in [4.69, 9.17) is 0 Å². The molecule has 0 radical (unpaired) electrons. The first kappa shape index (κ1) is 20.1. The summed E-state index contributed by atoms with van der Waals surface area (Å²) < 4.78 is 0. The van der Waals surface area contributed by atoms with Gasteiger partial charge in [-0.15, -0.1) is 11.8 Å². The van der Waals surface area contributed by atoms with Gasteiger partial charge in [0.15, 0.2) is 11.6 Å². The van der Waals surface area contributed by atoms with Gasteiger partial charge in [0, 0.05) is 39.3 Å². The zero-order valence-electron chi connectivity index (χ0n) is 16.6. The van der Waals surface area contributed by atoms with Crippen molar-refractivity contribution in [1.29, 1.82) is 0 Å². The molecule has 5 heteroatoms. The zero-order chi connectivity index (χ0) is 21.1. The molecular formula is C25H21NO3S. The average Bonchev–Trinajstić information content (AvgIpc) is 2.76. The molecule has 0 aliphatic heterocycles. The quantitative estimate of drug-likeness (QED) is 0.344. The highest BCUT2D eigenvalue weighted by Crippen LogP contribution is 2.29. The minimum atomic E-state index is -0.189. The number of ketones is 2. The molecule has 3 aromatic rings. The van der Waals surface area contributed by atoms with Crippen molar-refractivity contribution < 1.29 is 14.4 Å². The van der Waals surface area contributed by atoms with E-state index in [1.54, 1.807) is 54.2 Å². The zero-order valence-corrected chi connectivity index (χ0v) is 17.4. The lowest BCUT2D eigenvalue weighted by atomic mass is 9.84. The van der Waals surface area contributed by atoms with Crippen molar-refractivity contribution in [3.8, 4) is 0 Å². The van der Waals surface area contributed by atoms with Gasteiger partial charge in [0.25, 0.3) is 0 Å². The first-order valence-corrected chi connectivity index (χ1v) is 10.8. The number of benzene rings is 3. The van der Waals surface area contributed by atoms with Crippen molar-refractivity contribution in [2.75, 3.05) is 11.1 Å². The molecule has 0 saturated heterocycles. The number of carbonyl (C=O) groups excluding carboxylic acids is 3. The van der Waals surface area contributed by atoms with E-state index >= 15 is 0 Å². The largest absolute Gasteiger partial charge is 0.326 e. The van der Waals surface area contributed by atoms with E-state index in [-0.39, 0.29) is 17.5 Å². The summed E-state index contributed by atoms with van der Waals surface area (Å²) in [5.41, 5.74) is 3.32. The normalized spacial score (nSPS) is 12.3. The monoisotopic (exact) mass is 415 g/mol. The third-order valence-electron chi connectivity index (χ3n) is 5.05. The first-order chi connectivity index (χ1) is 14.5. The Hall–Kier alpha value is -3.18. The third-order valence-corrected chi connectivity index (χ3v) is 6.15. The molecule has 1 amide bonds. The summed E-state index contributed by atoms with van der Waals surface area (Å²) in [5, 5.41) is 2.85. The Morgan fingerprint density at radius 3 is 2.17 bits per heavy atom. The predicted octanol–water partition coefficient (Wildman–Crippen LogP) is 5.28. The Bertz CT molecular complexity index is 1140. The number of anilines is 1. The molecule has 4 nitrogen and oxygen atoms in total. The van der Waals surface area contributed by atoms with Gasteiger partial charge < -0.3 is 5.32 Å². The Morgan fingerprint density at radius 1 is 0.833 bits per heavy atom. The summed E-state index contributed by atoms with van der Waals surface area (Å²) in [6.45, 7) is 2.06. The molecule has 3 aromatic carbocycles. The van der Waals surface area contributed by atoms with Crippen LogP contribution >= 0.6 is 11.8 Å². The van der Waals surface area contributed by atoms with Gasteiger partial charge in [-0.2, -0.15) is 0 Å². The SMILES string of the molecule is Cc1ccc(SCCCC(=O)Nc2ccc3c(c2)C(=O)c2ccccc2C3=O)cc1. The van der Waals surface area contributed by atoms with Gasteiger partial charge in [-0.25, -0.2) is 0 Å². The summed E-state index contributed by atoms with van der Waals surface area (Å²) in [7, 11) is 0. The van der Waals surface area contributed by atoms with Gasteiger partial charge >= 0.3 is 0 Å². The van der Waals surface area contributed by atoms with Crippen molar-refractivity contribution in [2.45, 2.75) is 24.7 Å². The van der Waals surface area contributed by atoms with Gasteiger partial charge in [0.1, 0.15) is 0 Å². The molecule has 0 saturated carbocycles. The van der Waals surface area contributed by atoms with Crippen molar-refractivity contribution in [2.24, 2.45) is 0 Å². The Labute approximate surface area is 179 Å². The van der Waals surface area contributed by atoms with Gasteiger partial charge in [0.05, 0.1) is 0 Å². The van der Waals surface area contributed by atoms with Crippen LogP contribution in [0.1, 0.15) is 50.2 Å². The lowest BCUT2D eigenvalue weighted by Gasteiger charge is -2.18. The maximum Gasteiger partial charge on any atom is 0.224 e. The highest BCUT2D eigenvalue weighted by molar-refractivity contribution is 7.99. The maximum atomic E-state index is 12.8. The Balaban J connectivity index is 1.36. The summed E-state index contributed by atoms with van der Waals surface area (Å²) >= 11 is 1.73. The fourth-order valence-corrected chi connectivity index (χ4v) is 4.31. The lowest BCUT2D eigenvalue weighted by Crippen LogP contribution is -2.21. The number of hydrogen-bond acceptors (Lipinski definition) is 4. The topological polar surface area (TPSA) is 63.2 Å². The fourth-order valence-electron chi connectivity index (χ4n) is 3.46. The van der Waals surface area contributed by atoms with E-state index in [0.717, 1.165) is 12.2 Å². The van der Waals surface area contributed by atoms with Crippen LogP contribution in [0.25, 0.3) is 0 Å². The van der Waals surface area contributed by atoms with Crippen LogP contribution in [0.4, 0.5) is 5.69 Å². The Morgan fingerprint density at radius 2 is 1.47 bits per heavy atom. The van der Waals surface area contributed by atoms with E-state index in [1.165, 1.54) is 10.5 Å². The summed E-state index contributed by atoms with van der Waals surface area (Å²) in [4.78, 5) is 38.9. The van der Waals surface area contributed by atoms with Crippen LogP contribution in [0.15, 0.2) is 71.6 Å². The van der Waals surface area contributed by atoms with Crippen LogP contribution in [0.5, 0.6) is 0 Å². The highest BCUT2D eigenvalue weighted by atomic mass is 32.2. The lowest BCUT2D eigenvalue weighted by molar-refractivity contribution is -0.116. The summed E-state index contributed by atoms with van der Waals surface area (Å²) in [6, 6.07) is 20.1. The molecule has 30 heavy (non-hydrogen) atoms. The van der Waals surface area contributed by atoms with E-state index in [9.17, 15) is 14.4 Å². The number of rotatable bonds is 6. The number of fused-ring (bicyclic) bond motifs is 2. The molecule has 0 heterocycles. The van der Waals surface area contributed by atoms with Gasteiger partial charge in [-0.05, 0) is 49.4 Å². The van der Waals surface area contributed by atoms with E-state index in [2.05, 4.69) is 36.5 Å². The van der Waals surface area contributed by atoms with Crippen LogP contribution in [0.2, 0.25) is 0 Å². The second-order valence-electron chi connectivity index (χ2n) is 7.28. The standard InChI is InChI=1S/C25H21NO3S/c1-16-8-11-18(12-9-16)30-14-4-7-23(27)26-17-10-13-21-22(15-17)25(29)20-6-3-2-5-19(20)24(21)28/h2-3,5-6,8-13,15H,4,7,14H2,1H3,(H,26,27). The molecule has 1 N–H and O–H groups in total. The molecular weight excluding hydrogens is 394 g/mol. The summed E-state index contributed by atoms with van der Waals surface area (Å²) in [6.07, 6.45) is 1.14. The molecule has 0 aromatic heterocycles. The number of nitrogens with one attached hydrogen (secondary N) is 1. The Kier molecular flexibility index (Phi) is 5.81. The molecule has 1 aliphatic carbocycles. The number of hydrogen-bond donors (Lipinski definition) is 1. The second kappa shape index (κ2) is 8.67. The minimum Gasteiger partial charge on any atom is -0.326 e. The highest BCUT2D eigenvalue weighted by Gasteiger charge is 2.29. The molecule has 4 rings (SSSR count). The van der Waals surface area contributed by atoms with Gasteiger partial charge in [-0.1, -0.05) is 42.0 Å². The molecule has 0 unspecified atom stereocenters. The van der Waals surface area contributed by atoms with Crippen LogP contribution in [-0.2, 0) is 4.79 Å². The predicted molar refractivity (Wildman–Crippen MR) is 120 cm³/mol. The average molecular weight is 416 g/mol.